The highest BCUT2D eigenvalue weighted by molar-refractivity contribution is 4.98. The summed E-state index contributed by atoms with van der Waals surface area (Å²) in [6.45, 7) is 7.65. The molecule has 2 rings (SSSR count). The average Bonchev–Trinajstić information content (AvgIpc) is 2.69. The maximum Gasteiger partial charge on any atom is 0.0318 e. The molecule has 2 aliphatic rings. The molecule has 0 aromatic heterocycles. The van der Waals surface area contributed by atoms with Crippen molar-refractivity contribution in [3.8, 4) is 0 Å². The van der Waals surface area contributed by atoms with Gasteiger partial charge in [-0.3, -0.25) is 0 Å². The van der Waals surface area contributed by atoms with Crippen LogP contribution < -0.4 is 10.6 Å². The summed E-state index contributed by atoms with van der Waals surface area (Å²) in [4.78, 5) is 0. The smallest absolute Gasteiger partial charge is 0.0318 e. The molecule has 2 fully saturated rings. The van der Waals surface area contributed by atoms with Crippen LogP contribution in [0.15, 0.2) is 0 Å². The van der Waals surface area contributed by atoms with Gasteiger partial charge in [0.25, 0.3) is 0 Å². The van der Waals surface area contributed by atoms with E-state index in [1.54, 1.807) is 0 Å². The summed E-state index contributed by atoms with van der Waals surface area (Å²) in [5.41, 5.74) is 0.528. The molecule has 0 amide bonds. The van der Waals surface area contributed by atoms with Crippen molar-refractivity contribution in [3.63, 3.8) is 0 Å². The second-order valence-corrected chi connectivity index (χ2v) is 3.24. The van der Waals surface area contributed by atoms with E-state index in [1.165, 1.54) is 38.9 Å². The van der Waals surface area contributed by atoms with Crippen LogP contribution in [0.5, 0.6) is 0 Å². The number of nitrogens with one attached hydrogen (secondary N) is 2. The second kappa shape index (κ2) is 4.07. The standard InChI is InChI=1S/C7H14N2.C2H6/c1-2-7(9-4-1)3-5-8-6-7;1-2/h8-9H,1-6H2;1-2H3. The molecule has 11 heavy (non-hydrogen) atoms. The second-order valence-electron chi connectivity index (χ2n) is 3.24. The Kier molecular flexibility index (Phi) is 3.34. The van der Waals surface area contributed by atoms with Crippen LogP contribution in [-0.4, -0.2) is 25.2 Å². The molecule has 0 bridgehead atoms. The molecule has 1 spiro atoms. The Balaban J connectivity index is 0.000000281. The van der Waals surface area contributed by atoms with Gasteiger partial charge in [0, 0.05) is 12.1 Å². The van der Waals surface area contributed by atoms with Crippen LogP contribution in [0.25, 0.3) is 0 Å². The Hall–Kier alpha value is -0.0800. The molecule has 1 unspecified atom stereocenters. The largest absolute Gasteiger partial charge is 0.315 e. The van der Waals surface area contributed by atoms with Gasteiger partial charge in [0.15, 0.2) is 0 Å². The molecule has 0 aliphatic carbocycles. The predicted octanol–water partition coefficient (Wildman–Crippen LogP) is 1.13. The van der Waals surface area contributed by atoms with E-state index in [0.29, 0.717) is 5.54 Å². The molecule has 2 nitrogen and oxygen atoms in total. The van der Waals surface area contributed by atoms with E-state index >= 15 is 0 Å². The fourth-order valence-electron chi connectivity index (χ4n) is 1.98. The van der Waals surface area contributed by atoms with Crippen LogP contribution >= 0.6 is 0 Å². The van der Waals surface area contributed by atoms with Crippen LogP contribution in [0, 0.1) is 0 Å². The SMILES string of the molecule is C1CNC2(C1)CCNC2.CC. The minimum atomic E-state index is 0.528. The Morgan fingerprint density at radius 3 is 2.36 bits per heavy atom. The van der Waals surface area contributed by atoms with E-state index in [4.69, 9.17) is 0 Å². The van der Waals surface area contributed by atoms with Gasteiger partial charge in [0.2, 0.25) is 0 Å². The zero-order chi connectivity index (χ0) is 8.16. The van der Waals surface area contributed by atoms with E-state index < -0.39 is 0 Å². The van der Waals surface area contributed by atoms with E-state index in [1.807, 2.05) is 13.8 Å². The molecule has 0 aromatic carbocycles. The third-order valence-electron chi connectivity index (χ3n) is 2.58. The predicted molar refractivity (Wildman–Crippen MR) is 48.8 cm³/mol. The van der Waals surface area contributed by atoms with Gasteiger partial charge in [-0.15, -0.1) is 0 Å². The van der Waals surface area contributed by atoms with Crippen LogP contribution in [0.4, 0.5) is 0 Å². The van der Waals surface area contributed by atoms with Crippen LogP contribution in [0.1, 0.15) is 33.1 Å². The summed E-state index contributed by atoms with van der Waals surface area (Å²) in [5.74, 6) is 0. The molecule has 66 valence electrons. The Morgan fingerprint density at radius 1 is 1.09 bits per heavy atom. The summed E-state index contributed by atoms with van der Waals surface area (Å²) >= 11 is 0. The maximum absolute atomic E-state index is 3.57. The van der Waals surface area contributed by atoms with E-state index in [9.17, 15) is 0 Å². The van der Waals surface area contributed by atoms with E-state index in [2.05, 4.69) is 10.6 Å². The summed E-state index contributed by atoms with van der Waals surface area (Å²) in [6.07, 6.45) is 4.11. The molecular formula is C9H20N2. The van der Waals surface area contributed by atoms with Crippen molar-refractivity contribution in [2.24, 2.45) is 0 Å². The van der Waals surface area contributed by atoms with Crippen LogP contribution in [-0.2, 0) is 0 Å². The Bertz CT molecular complexity index is 82.6. The van der Waals surface area contributed by atoms with Crippen LogP contribution in [0.2, 0.25) is 0 Å². The molecule has 0 radical (unpaired) electrons. The van der Waals surface area contributed by atoms with E-state index in [0.717, 1.165) is 0 Å². The van der Waals surface area contributed by atoms with Gasteiger partial charge in [-0.2, -0.15) is 0 Å². The van der Waals surface area contributed by atoms with Crippen molar-refractivity contribution < 1.29 is 0 Å². The number of rotatable bonds is 0. The highest BCUT2D eigenvalue weighted by atomic mass is 15.1. The lowest BCUT2D eigenvalue weighted by Crippen LogP contribution is -2.41. The summed E-state index contributed by atoms with van der Waals surface area (Å²) in [5, 5.41) is 6.96. The van der Waals surface area contributed by atoms with Gasteiger partial charge < -0.3 is 10.6 Å². The Morgan fingerprint density at radius 2 is 1.91 bits per heavy atom. The van der Waals surface area contributed by atoms with E-state index in [-0.39, 0.29) is 0 Å². The lowest BCUT2D eigenvalue weighted by atomic mass is 9.97. The molecule has 2 heteroatoms. The number of hydrogen-bond donors (Lipinski definition) is 2. The molecule has 2 heterocycles. The minimum absolute atomic E-state index is 0.528. The zero-order valence-electron chi connectivity index (χ0n) is 7.74. The summed E-state index contributed by atoms with van der Waals surface area (Å²) in [7, 11) is 0. The van der Waals surface area contributed by atoms with Crippen molar-refractivity contribution in [2.75, 3.05) is 19.6 Å². The van der Waals surface area contributed by atoms with Gasteiger partial charge in [-0.1, -0.05) is 13.8 Å². The highest BCUT2D eigenvalue weighted by Crippen LogP contribution is 2.24. The molecule has 0 aromatic rings. The van der Waals surface area contributed by atoms with Crippen molar-refractivity contribution in [1.29, 1.82) is 0 Å². The van der Waals surface area contributed by atoms with Gasteiger partial charge in [-0.05, 0) is 32.4 Å². The van der Waals surface area contributed by atoms with Crippen molar-refractivity contribution in [3.05, 3.63) is 0 Å². The first-order chi connectivity index (χ1) is 5.41. The first-order valence-corrected chi connectivity index (χ1v) is 4.87. The first kappa shape index (κ1) is 9.01. The third-order valence-corrected chi connectivity index (χ3v) is 2.58. The Labute approximate surface area is 69.8 Å². The average molecular weight is 156 g/mol. The van der Waals surface area contributed by atoms with Gasteiger partial charge >= 0.3 is 0 Å². The number of hydrogen-bond acceptors (Lipinski definition) is 2. The van der Waals surface area contributed by atoms with Crippen molar-refractivity contribution >= 4 is 0 Å². The van der Waals surface area contributed by atoms with Crippen molar-refractivity contribution in [2.45, 2.75) is 38.6 Å². The highest BCUT2D eigenvalue weighted by Gasteiger charge is 2.35. The van der Waals surface area contributed by atoms with Gasteiger partial charge in [-0.25, -0.2) is 0 Å². The summed E-state index contributed by atoms with van der Waals surface area (Å²) < 4.78 is 0. The molecule has 2 aliphatic heterocycles. The monoisotopic (exact) mass is 156 g/mol. The van der Waals surface area contributed by atoms with Crippen molar-refractivity contribution in [1.82, 2.24) is 10.6 Å². The summed E-state index contributed by atoms with van der Waals surface area (Å²) in [6, 6.07) is 0. The fraction of sp³-hybridized carbons (Fsp3) is 1.00. The molecular weight excluding hydrogens is 136 g/mol. The minimum Gasteiger partial charge on any atom is -0.315 e. The fourth-order valence-corrected chi connectivity index (χ4v) is 1.98. The first-order valence-electron chi connectivity index (χ1n) is 4.87. The lowest BCUT2D eigenvalue weighted by molar-refractivity contribution is 0.414. The van der Waals surface area contributed by atoms with Gasteiger partial charge in [0.05, 0.1) is 0 Å². The topological polar surface area (TPSA) is 24.1 Å². The lowest BCUT2D eigenvalue weighted by Gasteiger charge is -2.21. The molecule has 1 atom stereocenters. The zero-order valence-corrected chi connectivity index (χ0v) is 7.74. The molecule has 2 saturated heterocycles. The molecule has 2 N–H and O–H groups in total. The normalized spacial score (nSPS) is 35.5. The maximum atomic E-state index is 3.57. The van der Waals surface area contributed by atoms with Gasteiger partial charge in [0.1, 0.15) is 0 Å². The molecule has 0 saturated carbocycles. The third kappa shape index (κ3) is 1.94. The quantitative estimate of drug-likeness (QED) is 0.549. The van der Waals surface area contributed by atoms with Crippen LogP contribution in [0.3, 0.4) is 0 Å².